The summed E-state index contributed by atoms with van der Waals surface area (Å²) in [5, 5.41) is 0. The average Bonchev–Trinajstić information content (AvgIpc) is 1.51. The van der Waals surface area contributed by atoms with E-state index in [1.165, 1.54) is 81.3 Å². The van der Waals surface area contributed by atoms with Gasteiger partial charge in [-0.15, -0.1) is 0 Å². The van der Waals surface area contributed by atoms with Crippen LogP contribution in [0.5, 0.6) is 0 Å². The zero-order valence-electron chi connectivity index (χ0n) is 55.4. The van der Waals surface area contributed by atoms with Gasteiger partial charge in [-0.3, -0.25) is 0 Å². The van der Waals surface area contributed by atoms with Crippen LogP contribution >= 0.6 is 79.6 Å². The molecule has 0 unspecified atom stereocenters. The number of fused-ring (bicyclic) bond motifs is 10. The predicted molar refractivity (Wildman–Crippen MR) is 401 cm³/mol. The van der Waals surface area contributed by atoms with Crippen LogP contribution in [0.3, 0.4) is 0 Å². The second-order valence-corrected chi connectivity index (χ2v) is 32.0. The Balaban J connectivity index is 0.000000149. The van der Waals surface area contributed by atoms with Crippen LogP contribution in [0.2, 0.25) is 0 Å². The monoisotopic (exact) mass is 1570 g/mol. The van der Waals surface area contributed by atoms with Crippen molar-refractivity contribution in [3.05, 3.63) is 226 Å². The number of aryl methyl sites for hydroxylation is 1. The summed E-state index contributed by atoms with van der Waals surface area (Å²) in [5.74, 6) is 0. The van der Waals surface area contributed by atoms with Crippen molar-refractivity contribution < 1.29 is 32.8 Å². The van der Waals surface area contributed by atoms with Crippen LogP contribution in [0, 0.1) is 5.41 Å². The van der Waals surface area contributed by atoms with Gasteiger partial charge in [-0.1, -0.05) is 186 Å². The van der Waals surface area contributed by atoms with Crippen molar-refractivity contribution in [3.63, 3.8) is 0 Å². The Kier molecular flexibility index (Phi) is 22.2. The quantitative estimate of drug-likeness (QED) is 0.0552. The lowest BCUT2D eigenvalue weighted by Gasteiger charge is -2.40. The van der Waals surface area contributed by atoms with Gasteiger partial charge in [0.25, 0.3) is 0 Å². The van der Waals surface area contributed by atoms with E-state index in [1.54, 1.807) is 0 Å². The SMILES string of the molecule is Brc1ccc2c(c1)C1(c3cc(Br)ccc3-2)c2cc(Br)ccc2-c2ccc(Br)cc21.CCC1(COCCCCCCOCc2ccc(Br)cc2)COC1.CCCCc1ccc(N(c2ccc(B3OC(C)(C)C(C)(C)O3)cc2)c2ccc(B3OC(C)(C)C(C)(C)O3)cc2)cc1. The number of benzene rings is 8. The standard InChI is InChI=1S/C34H45B2NO4.C25H12Br4.C19H29BrO3/c1-10-11-12-25-13-19-28(20-14-25)37(29-21-15-26(16-22-29)35-38-31(2,3)32(4,5)39-35)30-23-17-27(18-24-30)36-40-33(6,7)34(8,9)41-36;26-13-1-5-17-18-6-2-14(27)10-22(18)25(21(17)9-13)23-11-15(28)3-7-19(23)20-8-4-16(29)12-24(20)25;1-2-19(15-23-16-19)14-22-12-6-4-3-5-11-21-13-17-7-9-18(20)10-8-17/h13-24H,10-12H2,1-9H3;1-12H;7-10H,2-6,11-16H2,1H3. The van der Waals surface area contributed by atoms with Crippen molar-refractivity contribution in [1.29, 1.82) is 0 Å². The maximum Gasteiger partial charge on any atom is 0.494 e. The highest BCUT2D eigenvalue weighted by Crippen LogP contribution is 2.64. The Morgan fingerprint density at radius 1 is 0.409 bits per heavy atom. The minimum atomic E-state index is -0.389. The summed E-state index contributed by atoms with van der Waals surface area (Å²) in [6.07, 6.45) is 9.35. The molecule has 0 amide bonds. The fourth-order valence-electron chi connectivity index (χ4n) is 12.9. The molecular weight excluding hydrogens is 1480 g/mol. The maximum atomic E-state index is 6.30. The van der Waals surface area contributed by atoms with Crippen LogP contribution in [-0.2, 0) is 51.3 Å². The van der Waals surface area contributed by atoms with E-state index in [2.05, 4.69) is 324 Å². The molecule has 0 atom stereocenters. The largest absolute Gasteiger partial charge is 0.494 e. The Morgan fingerprint density at radius 3 is 1.12 bits per heavy atom. The molecule has 15 heteroatoms. The summed E-state index contributed by atoms with van der Waals surface area (Å²) < 4.78 is 47.5. The third-order valence-electron chi connectivity index (χ3n) is 20.0. The summed E-state index contributed by atoms with van der Waals surface area (Å²) in [7, 11) is -0.779. The first-order valence-electron chi connectivity index (χ1n) is 33.0. The van der Waals surface area contributed by atoms with Crippen molar-refractivity contribution in [1.82, 2.24) is 0 Å². The van der Waals surface area contributed by atoms with Gasteiger partial charge in [-0.25, -0.2) is 0 Å². The topological polar surface area (TPSA) is 67.9 Å². The van der Waals surface area contributed by atoms with Gasteiger partial charge in [0.15, 0.2) is 0 Å². The molecule has 93 heavy (non-hydrogen) atoms. The number of hydrogen-bond acceptors (Lipinski definition) is 8. The van der Waals surface area contributed by atoms with Crippen LogP contribution in [0.25, 0.3) is 22.3 Å². The highest BCUT2D eigenvalue weighted by molar-refractivity contribution is 9.11. The van der Waals surface area contributed by atoms with E-state index in [4.69, 9.17) is 32.8 Å². The van der Waals surface area contributed by atoms with Crippen LogP contribution in [0.1, 0.15) is 148 Å². The van der Waals surface area contributed by atoms with Crippen molar-refractivity contribution in [2.75, 3.05) is 37.9 Å². The third-order valence-corrected chi connectivity index (χ3v) is 22.5. The second-order valence-electron chi connectivity index (χ2n) is 27.5. The molecule has 0 aromatic heterocycles. The van der Waals surface area contributed by atoms with Crippen LogP contribution in [-0.4, -0.2) is 69.7 Å². The first kappa shape index (κ1) is 70.1. The van der Waals surface area contributed by atoms with E-state index in [1.807, 2.05) is 0 Å². The highest BCUT2D eigenvalue weighted by atomic mass is 79.9. The molecule has 3 aliphatic heterocycles. The maximum absolute atomic E-state index is 6.30. The van der Waals surface area contributed by atoms with Gasteiger partial charge in [-0.2, -0.15) is 0 Å². The summed E-state index contributed by atoms with van der Waals surface area (Å²) in [6, 6.07) is 61.0. The molecule has 3 heterocycles. The minimum Gasteiger partial charge on any atom is -0.399 e. The molecule has 0 N–H and O–H groups in total. The van der Waals surface area contributed by atoms with E-state index in [-0.39, 0.29) is 42.1 Å². The van der Waals surface area contributed by atoms with Crippen molar-refractivity contribution in [2.45, 2.75) is 155 Å². The fraction of sp³-hybridized carbons (Fsp3) is 0.385. The van der Waals surface area contributed by atoms with E-state index in [0.717, 1.165) is 109 Å². The number of halogens is 5. The molecule has 3 fully saturated rings. The first-order chi connectivity index (χ1) is 44.5. The number of hydrogen-bond donors (Lipinski definition) is 0. The molecule has 0 radical (unpaired) electrons. The summed E-state index contributed by atoms with van der Waals surface area (Å²) in [6.45, 7) is 26.2. The predicted octanol–water partition coefficient (Wildman–Crippen LogP) is 21.1. The average molecular weight is 1570 g/mol. The lowest BCUT2D eigenvalue weighted by molar-refractivity contribution is -0.150. The number of rotatable bonds is 20. The van der Waals surface area contributed by atoms with Gasteiger partial charge in [-0.05, 0) is 251 Å². The van der Waals surface area contributed by atoms with E-state index < -0.39 is 0 Å². The summed E-state index contributed by atoms with van der Waals surface area (Å²) in [4.78, 5) is 2.28. The van der Waals surface area contributed by atoms with Crippen molar-refractivity contribution in [2.24, 2.45) is 5.41 Å². The molecule has 0 saturated carbocycles. The van der Waals surface area contributed by atoms with Gasteiger partial charge in [0.1, 0.15) is 0 Å². The Labute approximate surface area is 595 Å². The molecular formula is C78H86B2Br5NO7. The van der Waals surface area contributed by atoms with Gasteiger partial charge in [0.05, 0.1) is 54.2 Å². The molecule has 8 aromatic rings. The molecule has 2 aliphatic carbocycles. The Hall–Kier alpha value is -4.19. The molecule has 8 nitrogen and oxygen atoms in total. The molecule has 5 aliphatic rings. The van der Waals surface area contributed by atoms with Crippen LogP contribution < -0.4 is 15.8 Å². The van der Waals surface area contributed by atoms with E-state index in [9.17, 15) is 0 Å². The minimum absolute atomic E-state index is 0.320. The first-order valence-corrected chi connectivity index (χ1v) is 36.9. The van der Waals surface area contributed by atoms with Gasteiger partial charge in [0, 0.05) is 58.1 Å². The van der Waals surface area contributed by atoms with Gasteiger partial charge < -0.3 is 37.7 Å². The van der Waals surface area contributed by atoms with E-state index >= 15 is 0 Å². The number of ether oxygens (including phenoxy) is 3. The Bertz CT molecular complexity index is 3550. The normalized spacial score (nSPS) is 17.5. The van der Waals surface area contributed by atoms with Crippen LogP contribution in [0.4, 0.5) is 17.1 Å². The highest BCUT2D eigenvalue weighted by Gasteiger charge is 2.54. The smallest absolute Gasteiger partial charge is 0.399 e. The van der Waals surface area contributed by atoms with Crippen molar-refractivity contribution in [3.8, 4) is 22.3 Å². The lowest BCUT2D eigenvalue weighted by Crippen LogP contribution is -2.45. The van der Waals surface area contributed by atoms with Gasteiger partial charge >= 0.3 is 14.2 Å². The van der Waals surface area contributed by atoms with Crippen molar-refractivity contribution >= 4 is 122 Å². The zero-order valence-corrected chi connectivity index (χ0v) is 63.3. The molecule has 0 bridgehead atoms. The fourth-order valence-corrected chi connectivity index (χ4v) is 14.6. The molecule has 8 aromatic carbocycles. The molecule has 3 saturated heterocycles. The second kappa shape index (κ2) is 29.5. The molecule has 1 spiro atoms. The van der Waals surface area contributed by atoms with Crippen LogP contribution in [0.15, 0.2) is 192 Å². The van der Waals surface area contributed by atoms with E-state index in [0.29, 0.717) is 12.0 Å². The summed E-state index contributed by atoms with van der Waals surface area (Å²) in [5.41, 5.74) is 16.9. The van der Waals surface area contributed by atoms with Gasteiger partial charge in [0.2, 0.25) is 0 Å². The number of anilines is 3. The zero-order chi connectivity index (χ0) is 65.9. The third kappa shape index (κ3) is 15.1. The number of nitrogens with zero attached hydrogens (tertiary/aromatic N) is 1. The molecule has 13 rings (SSSR count). The molecule has 486 valence electrons. The lowest BCUT2D eigenvalue weighted by atomic mass is 9.70. The summed E-state index contributed by atoms with van der Waals surface area (Å²) >= 11 is 18.4. The number of unbranched alkanes of at least 4 members (excludes halogenated alkanes) is 4. The Morgan fingerprint density at radius 2 is 0.763 bits per heavy atom.